The van der Waals surface area contributed by atoms with Crippen LogP contribution in [0.5, 0.6) is 0 Å². The van der Waals surface area contributed by atoms with E-state index in [1.54, 1.807) is 6.08 Å². The van der Waals surface area contributed by atoms with Crippen molar-refractivity contribution in [2.45, 2.75) is 6.10 Å². The predicted octanol–water partition coefficient (Wildman–Crippen LogP) is 0.964. The number of rotatable bonds is 0. The smallest absolute Gasteiger partial charge is 0.188 e. The summed E-state index contributed by atoms with van der Waals surface area (Å²) < 4.78 is 5.12. The lowest BCUT2D eigenvalue weighted by atomic mass is 10.1. The SMILES string of the molecule is O=C1C=COC2C=CC=C12. The molecule has 0 amide bonds. The number of allylic oxidation sites excluding steroid dienone is 3. The molecular weight excluding hydrogens is 128 g/mol. The van der Waals surface area contributed by atoms with Crippen molar-refractivity contribution in [1.29, 1.82) is 0 Å². The van der Waals surface area contributed by atoms with Gasteiger partial charge < -0.3 is 4.74 Å². The number of carbonyl (C=O) groups is 1. The van der Waals surface area contributed by atoms with Gasteiger partial charge in [0.05, 0.1) is 6.26 Å². The lowest BCUT2D eigenvalue weighted by Crippen LogP contribution is -2.17. The van der Waals surface area contributed by atoms with Gasteiger partial charge >= 0.3 is 0 Å². The van der Waals surface area contributed by atoms with Crippen LogP contribution in [0.25, 0.3) is 0 Å². The van der Waals surface area contributed by atoms with Crippen LogP contribution in [0.2, 0.25) is 0 Å². The zero-order valence-corrected chi connectivity index (χ0v) is 5.28. The van der Waals surface area contributed by atoms with Crippen LogP contribution in [0.4, 0.5) is 0 Å². The van der Waals surface area contributed by atoms with Gasteiger partial charge in [-0.15, -0.1) is 0 Å². The first-order valence-corrected chi connectivity index (χ1v) is 3.12. The van der Waals surface area contributed by atoms with Crippen molar-refractivity contribution in [2.24, 2.45) is 0 Å². The van der Waals surface area contributed by atoms with Crippen molar-refractivity contribution in [3.05, 3.63) is 36.1 Å². The highest BCUT2D eigenvalue weighted by Crippen LogP contribution is 2.20. The third kappa shape index (κ3) is 0.620. The van der Waals surface area contributed by atoms with Gasteiger partial charge in [0.2, 0.25) is 0 Å². The molecule has 0 aromatic rings. The molecule has 0 fully saturated rings. The highest BCUT2D eigenvalue weighted by atomic mass is 16.5. The highest BCUT2D eigenvalue weighted by Gasteiger charge is 2.22. The summed E-state index contributed by atoms with van der Waals surface area (Å²) in [5, 5.41) is 0. The maximum absolute atomic E-state index is 11.0. The van der Waals surface area contributed by atoms with E-state index in [9.17, 15) is 4.79 Å². The minimum Gasteiger partial charge on any atom is -0.489 e. The number of carbonyl (C=O) groups excluding carboxylic acids is 1. The molecular formula is C8H6O2. The second-order valence-corrected chi connectivity index (χ2v) is 2.23. The lowest BCUT2D eigenvalue weighted by Gasteiger charge is -2.14. The van der Waals surface area contributed by atoms with E-state index in [2.05, 4.69) is 0 Å². The third-order valence-electron chi connectivity index (χ3n) is 1.60. The zero-order valence-electron chi connectivity index (χ0n) is 5.28. The minimum atomic E-state index is -0.113. The van der Waals surface area contributed by atoms with Gasteiger partial charge in [0, 0.05) is 11.6 Å². The number of ether oxygens (including phenoxy) is 1. The van der Waals surface area contributed by atoms with E-state index < -0.39 is 0 Å². The average molecular weight is 134 g/mol. The molecule has 1 aliphatic heterocycles. The van der Waals surface area contributed by atoms with Gasteiger partial charge in [-0.2, -0.15) is 0 Å². The molecule has 50 valence electrons. The number of hydrogen-bond acceptors (Lipinski definition) is 2. The van der Waals surface area contributed by atoms with Gasteiger partial charge in [0.1, 0.15) is 6.10 Å². The summed E-state index contributed by atoms with van der Waals surface area (Å²) in [6.07, 6.45) is 8.26. The minimum absolute atomic E-state index is 0.0567. The zero-order chi connectivity index (χ0) is 6.97. The molecule has 2 nitrogen and oxygen atoms in total. The molecule has 2 aliphatic rings. The predicted molar refractivity (Wildman–Crippen MR) is 36.2 cm³/mol. The summed E-state index contributed by atoms with van der Waals surface area (Å²) >= 11 is 0. The maximum Gasteiger partial charge on any atom is 0.188 e. The van der Waals surface area contributed by atoms with Gasteiger partial charge in [0.25, 0.3) is 0 Å². The molecule has 1 unspecified atom stereocenters. The molecule has 1 aliphatic carbocycles. The van der Waals surface area contributed by atoms with Gasteiger partial charge in [-0.05, 0) is 6.08 Å². The normalized spacial score (nSPS) is 27.8. The van der Waals surface area contributed by atoms with Crippen molar-refractivity contribution in [1.82, 2.24) is 0 Å². The summed E-state index contributed by atoms with van der Waals surface area (Å²) in [6.45, 7) is 0. The summed E-state index contributed by atoms with van der Waals surface area (Å²) in [4.78, 5) is 11.0. The Morgan fingerprint density at radius 3 is 3.20 bits per heavy atom. The van der Waals surface area contributed by atoms with Gasteiger partial charge in [-0.25, -0.2) is 0 Å². The monoisotopic (exact) mass is 134 g/mol. The van der Waals surface area contributed by atoms with Gasteiger partial charge in [-0.3, -0.25) is 4.79 Å². The summed E-state index contributed by atoms with van der Waals surface area (Å²) in [7, 11) is 0. The number of fused-ring (bicyclic) bond motifs is 1. The Labute approximate surface area is 58.5 Å². The van der Waals surface area contributed by atoms with Crippen LogP contribution >= 0.6 is 0 Å². The Morgan fingerprint density at radius 1 is 1.50 bits per heavy atom. The fourth-order valence-electron chi connectivity index (χ4n) is 1.08. The molecule has 10 heavy (non-hydrogen) atoms. The Bertz CT molecular complexity index is 258. The molecule has 1 atom stereocenters. The molecule has 0 aromatic carbocycles. The van der Waals surface area contributed by atoms with Gasteiger partial charge in [0.15, 0.2) is 5.78 Å². The van der Waals surface area contributed by atoms with E-state index >= 15 is 0 Å². The average Bonchev–Trinajstić information content (AvgIpc) is 2.36. The summed E-state index contributed by atoms with van der Waals surface area (Å²) in [5.41, 5.74) is 0.738. The molecule has 2 heteroatoms. The van der Waals surface area contributed by atoms with E-state index in [1.807, 2.05) is 12.2 Å². The van der Waals surface area contributed by atoms with Crippen molar-refractivity contribution >= 4 is 5.78 Å². The molecule has 0 bridgehead atoms. The molecule has 1 heterocycles. The topological polar surface area (TPSA) is 26.3 Å². The van der Waals surface area contributed by atoms with Crippen LogP contribution in [0.1, 0.15) is 0 Å². The second-order valence-electron chi connectivity index (χ2n) is 2.23. The van der Waals surface area contributed by atoms with Crippen LogP contribution < -0.4 is 0 Å². The molecule has 0 saturated heterocycles. The van der Waals surface area contributed by atoms with Crippen LogP contribution in [0.3, 0.4) is 0 Å². The second kappa shape index (κ2) is 1.84. The van der Waals surface area contributed by atoms with Crippen LogP contribution in [0, 0.1) is 0 Å². The number of ketones is 1. The first-order valence-electron chi connectivity index (χ1n) is 3.12. The largest absolute Gasteiger partial charge is 0.489 e. The van der Waals surface area contributed by atoms with Crippen LogP contribution in [-0.4, -0.2) is 11.9 Å². The maximum atomic E-state index is 11.0. The summed E-state index contributed by atoms with van der Waals surface area (Å²) in [6, 6.07) is 0. The fraction of sp³-hybridized carbons (Fsp3) is 0.125. The van der Waals surface area contributed by atoms with Crippen molar-refractivity contribution in [3.63, 3.8) is 0 Å². The number of hydrogen-bond donors (Lipinski definition) is 0. The first kappa shape index (κ1) is 5.47. The molecule has 0 saturated carbocycles. The lowest BCUT2D eigenvalue weighted by molar-refractivity contribution is -0.112. The van der Waals surface area contributed by atoms with E-state index in [1.165, 1.54) is 12.3 Å². The Hall–Kier alpha value is -1.31. The standard InChI is InChI=1S/C8H6O2/c9-7-4-5-10-8-3-1-2-6(7)8/h1-5,8H. The highest BCUT2D eigenvalue weighted by molar-refractivity contribution is 6.06. The first-order chi connectivity index (χ1) is 4.88. The van der Waals surface area contributed by atoms with Crippen molar-refractivity contribution in [3.8, 4) is 0 Å². The Kier molecular flexibility index (Phi) is 1.01. The Balaban J connectivity index is 2.40. The van der Waals surface area contributed by atoms with Crippen molar-refractivity contribution < 1.29 is 9.53 Å². The molecule has 0 spiro atoms. The van der Waals surface area contributed by atoms with E-state index in [0.29, 0.717) is 0 Å². The van der Waals surface area contributed by atoms with E-state index in [0.717, 1.165) is 5.57 Å². The third-order valence-corrected chi connectivity index (χ3v) is 1.60. The quantitative estimate of drug-likeness (QED) is 0.493. The molecule has 0 radical (unpaired) electrons. The summed E-state index contributed by atoms with van der Waals surface area (Å²) in [5.74, 6) is 0.0567. The van der Waals surface area contributed by atoms with Crippen molar-refractivity contribution in [2.75, 3.05) is 0 Å². The van der Waals surface area contributed by atoms with E-state index in [-0.39, 0.29) is 11.9 Å². The fourth-order valence-corrected chi connectivity index (χ4v) is 1.08. The van der Waals surface area contributed by atoms with E-state index in [4.69, 9.17) is 4.74 Å². The van der Waals surface area contributed by atoms with Gasteiger partial charge in [-0.1, -0.05) is 12.2 Å². The molecule has 2 rings (SSSR count). The molecule has 0 aromatic heterocycles. The van der Waals surface area contributed by atoms with Crippen LogP contribution in [0.15, 0.2) is 36.1 Å². The van der Waals surface area contributed by atoms with Crippen LogP contribution in [-0.2, 0) is 9.53 Å². The molecule has 0 N–H and O–H groups in total. The Morgan fingerprint density at radius 2 is 2.40 bits per heavy atom.